The van der Waals surface area contributed by atoms with Gasteiger partial charge in [0.1, 0.15) is 5.75 Å². The van der Waals surface area contributed by atoms with Crippen LogP contribution in [0.3, 0.4) is 0 Å². The lowest BCUT2D eigenvalue weighted by Gasteiger charge is -2.25. The number of nitrogens with one attached hydrogen (secondary N) is 1. The standard InChI is InChI=1S/C15H22N2O/c1-5-6-10-16-12-15(17(2)3)13-8-7-9-14(11-13)18-4/h1,7-9,11,15-16H,6,10,12H2,2-4H3. The maximum Gasteiger partial charge on any atom is 0.119 e. The quantitative estimate of drug-likeness (QED) is 0.587. The third-order valence-electron chi connectivity index (χ3n) is 2.89. The fraction of sp³-hybridized carbons (Fsp3) is 0.467. The summed E-state index contributed by atoms with van der Waals surface area (Å²) in [7, 11) is 5.84. The number of hydrogen-bond acceptors (Lipinski definition) is 3. The van der Waals surface area contributed by atoms with Gasteiger partial charge in [0.25, 0.3) is 0 Å². The van der Waals surface area contributed by atoms with Crippen LogP contribution < -0.4 is 10.1 Å². The Morgan fingerprint density at radius 2 is 2.22 bits per heavy atom. The summed E-state index contributed by atoms with van der Waals surface area (Å²) in [6.45, 7) is 1.73. The van der Waals surface area contributed by atoms with Gasteiger partial charge in [-0.05, 0) is 31.8 Å². The van der Waals surface area contributed by atoms with E-state index in [-0.39, 0.29) is 0 Å². The summed E-state index contributed by atoms with van der Waals surface area (Å²) in [5.74, 6) is 3.52. The maximum absolute atomic E-state index is 5.26. The van der Waals surface area contributed by atoms with E-state index in [0.717, 1.165) is 25.3 Å². The average molecular weight is 246 g/mol. The highest BCUT2D eigenvalue weighted by Gasteiger charge is 2.13. The van der Waals surface area contributed by atoms with E-state index in [1.807, 2.05) is 12.1 Å². The average Bonchev–Trinajstić information content (AvgIpc) is 2.38. The molecule has 0 spiro atoms. The second kappa shape index (κ2) is 7.75. The van der Waals surface area contributed by atoms with Crippen molar-refractivity contribution in [3.05, 3.63) is 29.8 Å². The minimum atomic E-state index is 0.317. The van der Waals surface area contributed by atoms with Gasteiger partial charge in [-0.3, -0.25) is 0 Å². The van der Waals surface area contributed by atoms with Gasteiger partial charge in [0.05, 0.1) is 7.11 Å². The molecule has 0 radical (unpaired) electrons. The topological polar surface area (TPSA) is 24.5 Å². The van der Waals surface area contributed by atoms with Crippen molar-refractivity contribution in [3.8, 4) is 18.1 Å². The Kier molecular flexibility index (Phi) is 6.27. The molecule has 1 unspecified atom stereocenters. The van der Waals surface area contributed by atoms with Crippen molar-refractivity contribution in [2.24, 2.45) is 0 Å². The molecule has 0 bridgehead atoms. The van der Waals surface area contributed by atoms with Crippen molar-refractivity contribution in [3.63, 3.8) is 0 Å². The molecule has 1 aromatic carbocycles. The van der Waals surface area contributed by atoms with Crippen LogP contribution in [0.15, 0.2) is 24.3 Å². The molecule has 3 nitrogen and oxygen atoms in total. The first-order valence-electron chi connectivity index (χ1n) is 6.13. The van der Waals surface area contributed by atoms with Gasteiger partial charge in [0.15, 0.2) is 0 Å². The van der Waals surface area contributed by atoms with Crippen molar-refractivity contribution in [1.82, 2.24) is 10.2 Å². The minimum absolute atomic E-state index is 0.317. The van der Waals surface area contributed by atoms with Gasteiger partial charge < -0.3 is 15.0 Å². The highest BCUT2D eigenvalue weighted by Crippen LogP contribution is 2.21. The first-order valence-corrected chi connectivity index (χ1v) is 6.13. The highest BCUT2D eigenvalue weighted by molar-refractivity contribution is 5.30. The summed E-state index contributed by atoms with van der Waals surface area (Å²) < 4.78 is 5.26. The Balaban J connectivity index is 2.68. The van der Waals surface area contributed by atoms with Crippen LogP contribution in [0.2, 0.25) is 0 Å². The van der Waals surface area contributed by atoms with E-state index in [1.54, 1.807) is 7.11 Å². The largest absolute Gasteiger partial charge is 0.497 e. The molecule has 1 aromatic rings. The molecule has 98 valence electrons. The Morgan fingerprint density at radius 3 is 2.83 bits per heavy atom. The first kappa shape index (κ1) is 14.6. The van der Waals surface area contributed by atoms with Crippen molar-refractivity contribution in [1.29, 1.82) is 0 Å². The SMILES string of the molecule is C#CCCNCC(c1cccc(OC)c1)N(C)C. The fourth-order valence-corrected chi connectivity index (χ4v) is 1.85. The lowest BCUT2D eigenvalue weighted by molar-refractivity contribution is 0.288. The van der Waals surface area contributed by atoms with E-state index in [9.17, 15) is 0 Å². The summed E-state index contributed by atoms with van der Waals surface area (Å²) in [6, 6.07) is 8.50. The van der Waals surface area contributed by atoms with Gasteiger partial charge in [0, 0.05) is 25.6 Å². The number of rotatable bonds is 7. The molecule has 0 aromatic heterocycles. The second-order valence-electron chi connectivity index (χ2n) is 4.41. The molecule has 18 heavy (non-hydrogen) atoms. The van der Waals surface area contributed by atoms with Gasteiger partial charge in [-0.15, -0.1) is 12.3 Å². The van der Waals surface area contributed by atoms with E-state index < -0.39 is 0 Å². The molecule has 0 aliphatic rings. The van der Waals surface area contributed by atoms with Crippen LogP contribution in [-0.4, -0.2) is 39.2 Å². The van der Waals surface area contributed by atoms with Gasteiger partial charge in [-0.25, -0.2) is 0 Å². The summed E-state index contributed by atoms with van der Waals surface area (Å²) in [5.41, 5.74) is 1.24. The first-order chi connectivity index (χ1) is 8.69. The van der Waals surface area contributed by atoms with Crippen molar-refractivity contribution in [2.45, 2.75) is 12.5 Å². The molecule has 0 saturated carbocycles. The summed E-state index contributed by atoms with van der Waals surface area (Å²) in [4.78, 5) is 2.19. The minimum Gasteiger partial charge on any atom is -0.497 e. The van der Waals surface area contributed by atoms with Crippen molar-refractivity contribution >= 4 is 0 Å². The molecular formula is C15H22N2O. The van der Waals surface area contributed by atoms with Crippen LogP contribution in [0.1, 0.15) is 18.0 Å². The smallest absolute Gasteiger partial charge is 0.119 e. The Morgan fingerprint density at radius 1 is 1.44 bits per heavy atom. The zero-order valence-electron chi connectivity index (χ0n) is 11.4. The molecule has 0 amide bonds. The van der Waals surface area contributed by atoms with E-state index in [1.165, 1.54) is 5.56 Å². The third-order valence-corrected chi connectivity index (χ3v) is 2.89. The van der Waals surface area contributed by atoms with Crippen LogP contribution >= 0.6 is 0 Å². The predicted octanol–water partition coefficient (Wildman–Crippen LogP) is 1.91. The zero-order valence-corrected chi connectivity index (χ0v) is 11.4. The van der Waals surface area contributed by atoms with Crippen LogP contribution in [0.5, 0.6) is 5.75 Å². The van der Waals surface area contributed by atoms with Crippen LogP contribution in [0.4, 0.5) is 0 Å². The zero-order chi connectivity index (χ0) is 13.4. The number of terminal acetylenes is 1. The highest BCUT2D eigenvalue weighted by atomic mass is 16.5. The Bertz CT molecular complexity index is 396. The van der Waals surface area contributed by atoms with Crippen LogP contribution in [-0.2, 0) is 0 Å². The van der Waals surface area contributed by atoms with E-state index in [4.69, 9.17) is 11.2 Å². The number of hydrogen-bond donors (Lipinski definition) is 1. The van der Waals surface area contributed by atoms with E-state index in [2.05, 4.69) is 42.4 Å². The summed E-state index contributed by atoms with van der Waals surface area (Å²) in [6.07, 6.45) is 6.00. The van der Waals surface area contributed by atoms with Gasteiger partial charge in [-0.1, -0.05) is 12.1 Å². The molecule has 1 N–H and O–H groups in total. The molecule has 3 heteroatoms. The van der Waals surface area contributed by atoms with E-state index >= 15 is 0 Å². The molecule has 0 heterocycles. The number of ether oxygens (including phenoxy) is 1. The second-order valence-corrected chi connectivity index (χ2v) is 4.41. The molecule has 0 saturated heterocycles. The lowest BCUT2D eigenvalue weighted by Crippen LogP contribution is -2.31. The molecule has 0 aliphatic carbocycles. The normalized spacial score (nSPS) is 12.2. The number of likely N-dealkylation sites (N-methyl/N-ethyl adjacent to an activating group) is 1. The van der Waals surface area contributed by atoms with Gasteiger partial charge >= 0.3 is 0 Å². The fourth-order valence-electron chi connectivity index (χ4n) is 1.85. The number of methoxy groups -OCH3 is 1. The molecular weight excluding hydrogens is 224 g/mol. The molecule has 0 aliphatic heterocycles. The predicted molar refractivity (Wildman–Crippen MR) is 75.7 cm³/mol. The number of nitrogens with zero attached hydrogens (tertiary/aromatic N) is 1. The molecule has 1 atom stereocenters. The van der Waals surface area contributed by atoms with Crippen LogP contribution in [0, 0.1) is 12.3 Å². The van der Waals surface area contributed by atoms with Gasteiger partial charge in [0.2, 0.25) is 0 Å². The maximum atomic E-state index is 5.26. The molecule has 1 rings (SSSR count). The van der Waals surface area contributed by atoms with Crippen molar-refractivity contribution < 1.29 is 4.74 Å². The summed E-state index contributed by atoms with van der Waals surface area (Å²) in [5, 5.41) is 3.38. The monoisotopic (exact) mass is 246 g/mol. The summed E-state index contributed by atoms with van der Waals surface area (Å²) >= 11 is 0. The third kappa shape index (κ3) is 4.40. The van der Waals surface area contributed by atoms with Crippen molar-refractivity contribution in [2.75, 3.05) is 34.3 Å². The lowest BCUT2D eigenvalue weighted by atomic mass is 10.1. The van der Waals surface area contributed by atoms with Gasteiger partial charge in [-0.2, -0.15) is 0 Å². The Labute approximate surface area is 110 Å². The number of benzene rings is 1. The Hall–Kier alpha value is -1.50. The van der Waals surface area contributed by atoms with E-state index in [0.29, 0.717) is 6.04 Å². The molecule has 0 fully saturated rings. The van der Waals surface area contributed by atoms with Crippen LogP contribution in [0.25, 0.3) is 0 Å².